The van der Waals surface area contributed by atoms with Gasteiger partial charge in [-0.25, -0.2) is 0 Å². The Morgan fingerprint density at radius 3 is 2.00 bits per heavy atom. The minimum Gasteiger partial charge on any atom is -0.463 e. The van der Waals surface area contributed by atoms with Gasteiger partial charge in [0.2, 0.25) is 12.1 Å². The highest BCUT2D eigenvalue weighted by Crippen LogP contribution is 2.40. The maximum absolute atomic E-state index is 11.9. The lowest BCUT2D eigenvalue weighted by Gasteiger charge is -2.45. The molecule has 34 heavy (non-hydrogen) atoms. The van der Waals surface area contributed by atoms with Crippen molar-refractivity contribution in [3.63, 3.8) is 0 Å². The molecule has 8 atom stereocenters. The van der Waals surface area contributed by atoms with Crippen molar-refractivity contribution in [2.45, 2.75) is 82.1 Å². The van der Waals surface area contributed by atoms with E-state index in [9.17, 15) is 19.2 Å². The van der Waals surface area contributed by atoms with Crippen LogP contribution in [0.4, 0.5) is 0 Å². The largest absolute Gasteiger partial charge is 0.463 e. The number of ether oxygens (including phenoxy) is 7. The fraction of sp³-hybridized carbons (Fsp3) is 0.800. The first-order valence-corrected chi connectivity index (χ1v) is 11.8. The molecular weight excluding hydrogens is 523 g/mol. The Hall–Kier alpha value is -1.37. The number of rotatable bonds is 9. The molecule has 194 valence electrons. The zero-order valence-electron chi connectivity index (χ0n) is 19.0. The monoisotopic (exact) mass is 548 g/mol. The quantitative estimate of drug-likeness (QED) is 0.236. The number of halogens is 3. The van der Waals surface area contributed by atoms with Crippen LogP contribution in [-0.2, 0) is 52.3 Å². The zero-order valence-corrected chi connectivity index (χ0v) is 21.3. The topological polar surface area (TPSA) is 133 Å². The summed E-state index contributed by atoms with van der Waals surface area (Å²) in [5, 5.41) is -1.09. The molecule has 0 saturated carbocycles. The Morgan fingerprint density at radius 2 is 1.50 bits per heavy atom. The Kier molecular flexibility index (Phi) is 10.7. The van der Waals surface area contributed by atoms with Crippen LogP contribution in [0.5, 0.6) is 0 Å². The van der Waals surface area contributed by atoms with Crippen molar-refractivity contribution >= 4 is 58.7 Å². The number of carbonyl (C=O) groups excluding carboxylic acids is 4. The van der Waals surface area contributed by atoms with Gasteiger partial charge < -0.3 is 33.2 Å². The van der Waals surface area contributed by atoms with Crippen LogP contribution in [0.2, 0.25) is 0 Å². The molecule has 2 rings (SSSR count). The second-order valence-electron chi connectivity index (χ2n) is 7.73. The molecule has 0 amide bonds. The normalized spacial score (nSPS) is 35.3. The molecule has 14 heteroatoms. The number of esters is 4. The first-order chi connectivity index (χ1) is 15.9. The van der Waals surface area contributed by atoms with Gasteiger partial charge in [0.05, 0.1) is 12.0 Å². The third-order valence-corrected chi connectivity index (χ3v) is 6.19. The summed E-state index contributed by atoms with van der Waals surface area (Å²) in [5.74, 6) is -4.72. The number of hydrogen-bond acceptors (Lipinski definition) is 11. The van der Waals surface area contributed by atoms with Crippen molar-refractivity contribution < 1.29 is 52.3 Å². The Morgan fingerprint density at radius 1 is 0.912 bits per heavy atom. The van der Waals surface area contributed by atoms with Gasteiger partial charge in [-0.1, -0.05) is 0 Å². The lowest BCUT2D eigenvalue weighted by Crippen LogP contribution is -2.63. The van der Waals surface area contributed by atoms with Gasteiger partial charge in [-0.15, -0.1) is 34.8 Å². The first-order valence-electron chi connectivity index (χ1n) is 10.3. The molecule has 0 spiro atoms. The van der Waals surface area contributed by atoms with Gasteiger partial charge in [0.15, 0.2) is 18.3 Å². The molecule has 0 N–H and O–H groups in total. The molecule has 0 aromatic carbocycles. The molecular formula is C20H27Cl3O11. The van der Waals surface area contributed by atoms with E-state index in [2.05, 4.69) is 0 Å². The van der Waals surface area contributed by atoms with E-state index in [0.29, 0.717) is 0 Å². The van der Waals surface area contributed by atoms with Crippen LogP contribution < -0.4 is 0 Å². The molecule has 0 aromatic rings. The molecule has 2 fully saturated rings. The summed E-state index contributed by atoms with van der Waals surface area (Å²) in [5.41, 5.74) is 0. The Balaban J connectivity index is 2.44. The van der Waals surface area contributed by atoms with Gasteiger partial charge in [0.25, 0.3) is 0 Å². The zero-order chi connectivity index (χ0) is 25.6. The average Bonchev–Trinajstić information content (AvgIpc) is 3.08. The SMILES string of the molecule is CC(=O)OCC1OC(OC2(CCl)OC(CCl)CC2OC(C)=O)C(OC(C)=O)C(OC(C)=O)C1Cl. The van der Waals surface area contributed by atoms with E-state index < -0.39 is 71.9 Å². The highest BCUT2D eigenvalue weighted by Gasteiger charge is 2.58. The second kappa shape index (κ2) is 12.5. The predicted octanol–water partition coefficient (Wildman–Crippen LogP) is 1.66. The minimum absolute atomic E-state index is 0.0492. The summed E-state index contributed by atoms with van der Waals surface area (Å²) in [7, 11) is 0. The highest BCUT2D eigenvalue weighted by molar-refractivity contribution is 6.21. The van der Waals surface area contributed by atoms with Crippen molar-refractivity contribution in [3.8, 4) is 0 Å². The van der Waals surface area contributed by atoms with Gasteiger partial charge in [0, 0.05) is 40.0 Å². The number of hydrogen-bond donors (Lipinski definition) is 0. The second-order valence-corrected chi connectivity index (χ2v) is 8.81. The van der Waals surface area contributed by atoms with Gasteiger partial charge in [-0.3, -0.25) is 19.2 Å². The lowest BCUT2D eigenvalue weighted by molar-refractivity contribution is -0.358. The van der Waals surface area contributed by atoms with Crippen LogP contribution in [0.25, 0.3) is 0 Å². The molecule has 11 nitrogen and oxygen atoms in total. The van der Waals surface area contributed by atoms with Crippen molar-refractivity contribution in [1.82, 2.24) is 0 Å². The van der Waals surface area contributed by atoms with E-state index in [1.54, 1.807) is 0 Å². The number of carbonyl (C=O) groups is 4. The van der Waals surface area contributed by atoms with Crippen molar-refractivity contribution in [2.24, 2.45) is 0 Å². The van der Waals surface area contributed by atoms with Gasteiger partial charge in [-0.05, 0) is 0 Å². The maximum Gasteiger partial charge on any atom is 0.303 e. The van der Waals surface area contributed by atoms with E-state index in [-0.39, 0.29) is 24.8 Å². The molecule has 0 bridgehead atoms. The van der Waals surface area contributed by atoms with Crippen molar-refractivity contribution in [3.05, 3.63) is 0 Å². The van der Waals surface area contributed by atoms with Crippen molar-refractivity contribution in [1.29, 1.82) is 0 Å². The smallest absolute Gasteiger partial charge is 0.303 e. The molecule has 2 heterocycles. The van der Waals surface area contributed by atoms with Gasteiger partial charge in [-0.2, -0.15) is 0 Å². The number of alkyl halides is 3. The van der Waals surface area contributed by atoms with Crippen LogP contribution in [-0.4, -0.2) is 90.2 Å². The summed E-state index contributed by atoms with van der Waals surface area (Å²) in [6.07, 6.45) is -6.54. The molecule has 0 radical (unpaired) electrons. The van der Waals surface area contributed by atoms with Crippen LogP contribution in [0, 0.1) is 0 Å². The van der Waals surface area contributed by atoms with Crippen LogP contribution in [0.15, 0.2) is 0 Å². The van der Waals surface area contributed by atoms with Crippen LogP contribution in [0.1, 0.15) is 34.1 Å². The predicted molar refractivity (Wildman–Crippen MR) is 116 cm³/mol. The summed E-state index contributed by atoms with van der Waals surface area (Å²) < 4.78 is 38.8. The summed E-state index contributed by atoms with van der Waals surface area (Å²) >= 11 is 18.6. The molecule has 2 aliphatic rings. The standard InChI is InChI=1S/C20H27Cl3O11/c1-9(24)28-7-14-16(23)17(30-11(3)26)18(31-12(4)27)19(32-14)34-20(8-22)15(29-10(2)25)5-13(6-21)33-20/h13-19H,5-8H2,1-4H3. The fourth-order valence-electron chi connectivity index (χ4n) is 3.64. The molecule has 2 saturated heterocycles. The summed E-state index contributed by atoms with van der Waals surface area (Å²) in [6.45, 7) is 4.35. The third-order valence-electron chi connectivity index (χ3n) is 4.94. The van der Waals surface area contributed by atoms with E-state index >= 15 is 0 Å². The summed E-state index contributed by atoms with van der Waals surface area (Å²) in [6, 6.07) is 0. The fourth-order valence-corrected chi connectivity index (χ4v) is 4.46. The molecule has 0 aliphatic carbocycles. The third kappa shape index (κ3) is 7.32. The Labute approximate surface area is 211 Å². The first kappa shape index (κ1) is 28.9. The summed E-state index contributed by atoms with van der Waals surface area (Å²) in [4.78, 5) is 46.7. The minimum atomic E-state index is -1.75. The highest BCUT2D eigenvalue weighted by atomic mass is 35.5. The van der Waals surface area contributed by atoms with Crippen LogP contribution in [0.3, 0.4) is 0 Å². The van der Waals surface area contributed by atoms with E-state index in [1.165, 1.54) is 13.8 Å². The maximum atomic E-state index is 11.9. The van der Waals surface area contributed by atoms with Gasteiger partial charge in [0.1, 0.15) is 18.1 Å². The van der Waals surface area contributed by atoms with Crippen LogP contribution >= 0.6 is 34.8 Å². The van der Waals surface area contributed by atoms with E-state index in [1.807, 2.05) is 0 Å². The van der Waals surface area contributed by atoms with E-state index in [0.717, 1.165) is 13.8 Å². The molecule has 8 unspecified atom stereocenters. The lowest BCUT2D eigenvalue weighted by atomic mass is 10.0. The molecule has 0 aromatic heterocycles. The van der Waals surface area contributed by atoms with Crippen molar-refractivity contribution in [2.75, 3.05) is 18.4 Å². The van der Waals surface area contributed by atoms with Gasteiger partial charge >= 0.3 is 23.9 Å². The average molecular weight is 550 g/mol. The van der Waals surface area contributed by atoms with E-state index in [4.69, 9.17) is 68.0 Å². The molecule has 2 aliphatic heterocycles. The Bertz CT molecular complexity index is 766.